The highest BCUT2D eigenvalue weighted by molar-refractivity contribution is 6.30. The second-order valence-corrected chi connectivity index (χ2v) is 6.39. The van der Waals surface area contributed by atoms with Gasteiger partial charge >= 0.3 is 0 Å². The van der Waals surface area contributed by atoms with Crippen LogP contribution in [-0.2, 0) is 13.0 Å². The molecule has 4 heteroatoms. The van der Waals surface area contributed by atoms with Crippen LogP contribution in [-0.4, -0.2) is 19.9 Å². The predicted octanol–water partition coefficient (Wildman–Crippen LogP) is 5.07. The molecular formula is C20H22ClNO2. The minimum absolute atomic E-state index is 0.602. The van der Waals surface area contributed by atoms with Crippen molar-refractivity contribution in [2.45, 2.75) is 32.2 Å². The van der Waals surface area contributed by atoms with Gasteiger partial charge in [-0.3, -0.25) is 4.99 Å². The predicted molar refractivity (Wildman–Crippen MR) is 98.8 cm³/mol. The minimum Gasteiger partial charge on any atom is -0.497 e. The van der Waals surface area contributed by atoms with Gasteiger partial charge in [0.05, 0.1) is 20.8 Å². The van der Waals surface area contributed by atoms with Crippen LogP contribution in [0.2, 0.25) is 5.02 Å². The average molecular weight is 344 g/mol. The van der Waals surface area contributed by atoms with Crippen molar-refractivity contribution in [3.05, 3.63) is 58.1 Å². The Kier molecular flexibility index (Phi) is 5.41. The smallest absolute Gasteiger partial charge is 0.127 e. The van der Waals surface area contributed by atoms with Crippen molar-refractivity contribution < 1.29 is 9.47 Å². The van der Waals surface area contributed by atoms with E-state index < -0.39 is 0 Å². The molecule has 2 aromatic rings. The molecular weight excluding hydrogens is 322 g/mol. The van der Waals surface area contributed by atoms with Crippen molar-refractivity contribution in [2.75, 3.05) is 14.2 Å². The summed E-state index contributed by atoms with van der Waals surface area (Å²) in [7, 11) is 3.33. The van der Waals surface area contributed by atoms with Gasteiger partial charge in [-0.2, -0.15) is 0 Å². The van der Waals surface area contributed by atoms with E-state index >= 15 is 0 Å². The zero-order valence-corrected chi connectivity index (χ0v) is 14.9. The van der Waals surface area contributed by atoms with E-state index in [-0.39, 0.29) is 0 Å². The fourth-order valence-corrected chi connectivity index (χ4v) is 3.32. The number of methoxy groups -OCH3 is 2. The highest BCUT2D eigenvalue weighted by Crippen LogP contribution is 2.27. The van der Waals surface area contributed by atoms with Crippen LogP contribution in [0.5, 0.6) is 11.5 Å². The topological polar surface area (TPSA) is 30.8 Å². The molecule has 1 aliphatic rings. The van der Waals surface area contributed by atoms with Gasteiger partial charge < -0.3 is 9.47 Å². The van der Waals surface area contributed by atoms with Gasteiger partial charge in [0.2, 0.25) is 0 Å². The quantitative estimate of drug-likeness (QED) is 0.725. The molecule has 1 aliphatic carbocycles. The fraction of sp³-hybridized carbons (Fsp3) is 0.350. The maximum absolute atomic E-state index is 6.15. The van der Waals surface area contributed by atoms with Crippen LogP contribution in [0, 0.1) is 0 Å². The normalized spacial score (nSPS) is 15.7. The Labute approximate surface area is 148 Å². The number of rotatable bonds is 4. The molecule has 0 N–H and O–H groups in total. The Bertz CT molecular complexity index is 755. The van der Waals surface area contributed by atoms with Crippen LogP contribution in [0.4, 0.5) is 0 Å². The van der Waals surface area contributed by atoms with Crippen molar-refractivity contribution in [1.29, 1.82) is 0 Å². The molecule has 0 atom stereocenters. The molecule has 126 valence electrons. The lowest BCUT2D eigenvalue weighted by atomic mass is 10.0. The monoisotopic (exact) mass is 343 g/mol. The fourth-order valence-electron chi connectivity index (χ4n) is 3.12. The lowest BCUT2D eigenvalue weighted by molar-refractivity contribution is 0.391. The van der Waals surface area contributed by atoms with Gasteiger partial charge in [-0.1, -0.05) is 17.7 Å². The summed E-state index contributed by atoms with van der Waals surface area (Å²) >= 11 is 6.15. The first-order valence-corrected chi connectivity index (χ1v) is 8.62. The Morgan fingerprint density at radius 2 is 1.83 bits per heavy atom. The second kappa shape index (κ2) is 7.71. The summed E-state index contributed by atoms with van der Waals surface area (Å²) < 4.78 is 10.7. The molecule has 0 saturated heterocycles. The summed E-state index contributed by atoms with van der Waals surface area (Å²) in [4.78, 5) is 4.90. The molecule has 24 heavy (non-hydrogen) atoms. The first-order chi connectivity index (χ1) is 11.7. The van der Waals surface area contributed by atoms with Crippen molar-refractivity contribution in [3.63, 3.8) is 0 Å². The molecule has 0 bridgehead atoms. The number of fused-ring (bicyclic) bond motifs is 1. The Hall–Kier alpha value is -2.00. The van der Waals surface area contributed by atoms with Gasteiger partial charge in [0, 0.05) is 22.4 Å². The van der Waals surface area contributed by atoms with Gasteiger partial charge in [0.15, 0.2) is 0 Å². The summed E-state index contributed by atoms with van der Waals surface area (Å²) in [5, 5.41) is 0.798. The number of ether oxygens (including phenoxy) is 2. The van der Waals surface area contributed by atoms with Gasteiger partial charge in [0.25, 0.3) is 0 Å². The highest BCUT2D eigenvalue weighted by atomic mass is 35.5. The number of aliphatic imine (C=N–C) groups is 1. The maximum Gasteiger partial charge on any atom is 0.127 e. The molecule has 0 heterocycles. The molecule has 0 spiro atoms. The molecule has 0 fully saturated rings. The zero-order chi connectivity index (χ0) is 16.9. The van der Waals surface area contributed by atoms with Crippen LogP contribution in [0.25, 0.3) is 0 Å². The van der Waals surface area contributed by atoms with E-state index in [1.165, 1.54) is 17.5 Å². The summed E-state index contributed by atoms with van der Waals surface area (Å²) in [6.07, 6.45) is 4.41. The van der Waals surface area contributed by atoms with Gasteiger partial charge in [-0.25, -0.2) is 0 Å². The van der Waals surface area contributed by atoms with E-state index in [9.17, 15) is 0 Å². The summed E-state index contributed by atoms with van der Waals surface area (Å²) in [6, 6.07) is 12.0. The highest BCUT2D eigenvalue weighted by Gasteiger charge is 2.14. The molecule has 2 aromatic carbocycles. The first kappa shape index (κ1) is 16.8. The van der Waals surface area contributed by atoms with Crippen LogP contribution < -0.4 is 9.47 Å². The van der Waals surface area contributed by atoms with Crippen molar-refractivity contribution >= 4 is 17.3 Å². The molecule has 3 nitrogen and oxygen atoms in total. The first-order valence-electron chi connectivity index (χ1n) is 8.24. The molecule has 3 rings (SSSR count). The van der Waals surface area contributed by atoms with E-state index in [4.69, 9.17) is 26.1 Å². The van der Waals surface area contributed by atoms with Gasteiger partial charge in [-0.15, -0.1) is 0 Å². The van der Waals surface area contributed by atoms with E-state index in [0.29, 0.717) is 6.54 Å². The zero-order valence-electron chi connectivity index (χ0n) is 14.1. The van der Waals surface area contributed by atoms with E-state index in [1.807, 2.05) is 24.3 Å². The van der Waals surface area contributed by atoms with Crippen molar-refractivity contribution in [1.82, 2.24) is 0 Å². The number of hydrogen-bond donors (Lipinski definition) is 0. The van der Waals surface area contributed by atoms with E-state index in [0.717, 1.165) is 47.1 Å². The average Bonchev–Trinajstić information content (AvgIpc) is 2.81. The standard InChI is InChI=1S/C20H22ClNO2/c1-23-17-9-7-15(20(12-17)24-2)13-22-19-6-4-3-5-14-11-16(21)8-10-18(14)19/h7-12H,3-6,13H2,1-2H3. The Balaban J connectivity index is 1.90. The third kappa shape index (κ3) is 3.73. The van der Waals surface area contributed by atoms with E-state index in [2.05, 4.69) is 12.1 Å². The summed E-state index contributed by atoms with van der Waals surface area (Å²) in [6.45, 7) is 0.602. The Morgan fingerprint density at radius 3 is 2.62 bits per heavy atom. The third-order valence-electron chi connectivity index (χ3n) is 4.42. The second-order valence-electron chi connectivity index (χ2n) is 5.95. The number of hydrogen-bond acceptors (Lipinski definition) is 3. The molecule has 0 unspecified atom stereocenters. The minimum atomic E-state index is 0.602. The van der Waals surface area contributed by atoms with Crippen molar-refractivity contribution in [3.8, 4) is 11.5 Å². The third-order valence-corrected chi connectivity index (χ3v) is 4.66. The molecule has 0 radical (unpaired) electrons. The lowest BCUT2D eigenvalue weighted by Crippen LogP contribution is -2.03. The number of benzene rings is 2. The van der Waals surface area contributed by atoms with Gasteiger partial charge in [0.1, 0.15) is 11.5 Å². The molecule has 0 saturated carbocycles. The number of aryl methyl sites for hydroxylation is 1. The van der Waals surface area contributed by atoms with E-state index in [1.54, 1.807) is 14.2 Å². The largest absolute Gasteiger partial charge is 0.497 e. The van der Waals surface area contributed by atoms with Crippen molar-refractivity contribution in [2.24, 2.45) is 4.99 Å². The van der Waals surface area contributed by atoms with Crippen LogP contribution in [0.3, 0.4) is 0 Å². The van der Waals surface area contributed by atoms with Crippen LogP contribution in [0.1, 0.15) is 36.0 Å². The molecule has 0 amide bonds. The Morgan fingerprint density at radius 1 is 1.00 bits per heavy atom. The summed E-state index contributed by atoms with van der Waals surface area (Å²) in [5.74, 6) is 1.60. The summed E-state index contributed by atoms with van der Waals surface area (Å²) in [5.41, 5.74) is 4.77. The molecule has 0 aromatic heterocycles. The van der Waals surface area contributed by atoms with Crippen LogP contribution >= 0.6 is 11.6 Å². The van der Waals surface area contributed by atoms with Crippen LogP contribution in [0.15, 0.2) is 41.4 Å². The number of halogens is 1. The number of nitrogens with zero attached hydrogens (tertiary/aromatic N) is 1. The lowest BCUT2D eigenvalue weighted by Gasteiger charge is -2.11. The maximum atomic E-state index is 6.15. The SMILES string of the molecule is COc1ccc(CN=C2CCCCc3cc(Cl)ccc32)c(OC)c1. The van der Waals surface area contributed by atoms with Gasteiger partial charge in [-0.05, 0) is 61.1 Å². The molecule has 0 aliphatic heterocycles.